The van der Waals surface area contributed by atoms with Gasteiger partial charge in [0, 0.05) is 16.0 Å². The molecule has 0 bridgehead atoms. The molecule has 3 aromatic carbocycles. The van der Waals surface area contributed by atoms with Gasteiger partial charge in [0.25, 0.3) is 17.2 Å². The lowest BCUT2D eigenvalue weighted by molar-refractivity contribution is -0.138. The number of ether oxygens (including phenoxy) is 1. The highest BCUT2D eigenvalue weighted by Crippen LogP contribution is 2.27. The normalized spacial score (nSPS) is 12.4. The summed E-state index contributed by atoms with van der Waals surface area (Å²) < 4.78 is 29.3. The zero-order chi connectivity index (χ0) is 26.8. The van der Waals surface area contributed by atoms with Crippen LogP contribution in [0.2, 0.25) is 5.02 Å². The Hall–Kier alpha value is -2.92. The molecule has 0 aliphatic carbocycles. The molecule has 2 unspecified atom stereocenters. The number of unbranched alkanes of at least 4 members (excludes halogenated alkanes) is 1. The van der Waals surface area contributed by atoms with Crippen LogP contribution in [0.15, 0.2) is 77.3 Å². The predicted octanol–water partition coefficient (Wildman–Crippen LogP) is 5.53. The van der Waals surface area contributed by atoms with Crippen LogP contribution in [-0.4, -0.2) is 44.9 Å². The van der Waals surface area contributed by atoms with Gasteiger partial charge in [-0.25, -0.2) is 9.00 Å². The molecule has 0 aromatic heterocycles. The van der Waals surface area contributed by atoms with E-state index in [4.69, 9.17) is 16.3 Å². The van der Waals surface area contributed by atoms with E-state index in [9.17, 15) is 23.5 Å². The first kappa shape index (κ1) is 28.6. The summed E-state index contributed by atoms with van der Waals surface area (Å²) in [5.74, 6) is -1.00. The van der Waals surface area contributed by atoms with Crippen LogP contribution in [0.4, 0.5) is 5.69 Å². The summed E-state index contributed by atoms with van der Waals surface area (Å²) in [6.07, 6.45) is 1.03. The van der Waals surface area contributed by atoms with Gasteiger partial charge in [-0.1, -0.05) is 51.8 Å². The van der Waals surface area contributed by atoms with E-state index in [1.54, 1.807) is 48.5 Å². The molecule has 37 heavy (non-hydrogen) atoms. The molecular weight excluding hydrogens is 584 g/mol. The number of halogens is 2. The van der Waals surface area contributed by atoms with Gasteiger partial charge in [0.1, 0.15) is 11.8 Å². The minimum absolute atomic E-state index is 0.118. The number of anilines is 1. The standard InChI is InChI=1S/C26H26BrClN2O6S/c27-20-8-4-18(5-9-20)19-6-12-22(13-7-19)30(37(34)35)24(26(32)33)3-1-2-16-29-25(31)17-36-23-14-10-21(28)11-15-23/h4-15,24H,1-3,16-17H2,(H,29,31)(H,32,33)(H,34,35). The van der Waals surface area contributed by atoms with Crippen LogP contribution in [0.25, 0.3) is 11.1 Å². The molecule has 0 fully saturated rings. The highest BCUT2D eigenvalue weighted by atomic mass is 79.9. The van der Waals surface area contributed by atoms with Crippen molar-refractivity contribution >= 4 is 56.4 Å². The fourth-order valence-corrected chi connectivity index (χ4v) is 4.69. The van der Waals surface area contributed by atoms with Crippen molar-refractivity contribution in [2.24, 2.45) is 0 Å². The molecule has 8 nitrogen and oxygen atoms in total. The number of benzene rings is 3. The van der Waals surface area contributed by atoms with Crippen molar-refractivity contribution in [3.63, 3.8) is 0 Å². The van der Waals surface area contributed by atoms with Crippen molar-refractivity contribution < 1.29 is 28.2 Å². The van der Waals surface area contributed by atoms with Crippen LogP contribution in [0, 0.1) is 0 Å². The van der Waals surface area contributed by atoms with Crippen LogP contribution in [0.1, 0.15) is 19.3 Å². The van der Waals surface area contributed by atoms with Crippen molar-refractivity contribution in [3.8, 4) is 16.9 Å². The Bertz CT molecular complexity index is 1210. The Morgan fingerprint density at radius 3 is 2.14 bits per heavy atom. The Morgan fingerprint density at radius 2 is 1.57 bits per heavy atom. The lowest BCUT2D eigenvalue weighted by Crippen LogP contribution is -2.42. The summed E-state index contributed by atoms with van der Waals surface area (Å²) in [4.78, 5) is 23.9. The third kappa shape index (κ3) is 8.85. The second-order valence-electron chi connectivity index (χ2n) is 8.05. The molecule has 0 heterocycles. The van der Waals surface area contributed by atoms with E-state index in [0.29, 0.717) is 35.8 Å². The first-order valence-corrected chi connectivity index (χ1v) is 13.6. The van der Waals surface area contributed by atoms with E-state index < -0.39 is 23.3 Å². The summed E-state index contributed by atoms with van der Waals surface area (Å²) in [5.41, 5.74) is 2.17. The van der Waals surface area contributed by atoms with Crippen LogP contribution in [-0.2, 0) is 20.9 Å². The number of hydrogen-bond donors (Lipinski definition) is 3. The molecule has 0 aliphatic rings. The van der Waals surface area contributed by atoms with Crippen molar-refractivity contribution in [1.82, 2.24) is 5.32 Å². The fraction of sp³-hybridized carbons (Fsp3) is 0.231. The molecule has 196 valence electrons. The van der Waals surface area contributed by atoms with Crippen molar-refractivity contribution in [2.45, 2.75) is 25.3 Å². The van der Waals surface area contributed by atoms with Gasteiger partial charge in [0.05, 0.1) is 5.69 Å². The van der Waals surface area contributed by atoms with Gasteiger partial charge in [-0.05, 0) is 78.9 Å². The number of carboxylic acid groups (broad SMARTS) is 1. The van der Waals surface area contributed by atoms with Gasteiger partial charge in [-0.3, -0.25) is 13.7 Å². The SMILES string of the molecule is O=C(COc1ccc(Cl)cc1)NCCCCC(C(=O)O)N(c1ccc(-c2ccc(Br)cc2)cc1)S(=O)O. The predicted molar refractivity (Wildman–Crippen MR) is 148 cm³/mol. The van der Waals surface area contributed by atoms with Gasteiger partial charge in [-0.15, -0.1) is 0 Å². The van der Waals surface area contributed by atoms with Crippen LogP contribution in [0.5, 0.6) is 5.75 Å². The molecular formula is C26H26BrClN2O6S. The molecule has 0 saturated carbocycles. The van der Waals surface area contributed by atoms with E-state index in [1.807, 2.05) is 24.3 Å². The highest BCUT2D eigenvalue weighted by molar-refractivity contribution is 9.10. The third-order valence-corrected chi connectivity index (χ3v) is 7.03. The second kappa shape index (κ2) is 14.1. The molecule has 3 N–H and O–H groups in total. The number of amides is 1. The summed E-state index contributed by atoms with van der Waals surface area (Å²) in [5, 5.41) is 13.0. The number of nitrogens with one attached hydrogen (secondary N) is 1. The fourth-order valence-electron chi connectivity index (χ4n) is 3.58. The number of nitrogens with zero attached hydrogens (tertiary/aromatic N) is 1. The van der Waals surface area contributed by atoms with Gasteiger partial charge in [0.2, 0.25) is 0 Å². The van der Waals surface area contributed by atoms with Crippen LogP contribution in [0.3, 0.4) is 0 Å². The number of rotatable bonds is 13. The lowest BCUT2D eigenvalue weighted by atomic mass is 10.0. The summed E-state index contributed by atoms with van der Waals surface area (Å²) in [7, 11) is 0. The monoisotopic (exact) mass is 608 g/mol. The number of carboxylic acids is 1. The summed E-state index contributed by atoms with van der Waals surface area (Å²) >= 11 is 6.66. The maximum atomic E-state index is 12.1. The van der Waals surface area contributed by atoms with Crippen LogP contribution < -0.4 is 14.4 Å². The Morgan fingerprint density at radius 1 is 0.973 bits per heavy atom. The van der Waals surface area contributed by atoms with E-state index in [-0.39, 0.29) is 18.9 Å². The number of carbonyl (C=O) groups excluding carboxylic acids is 1. The second-order valence-corrected chi connectivity index (χ2v) is 10.3. The van der Waals surface area contributed by atoms with E-state index in [2.05, 4.69) is 21.2 Å². The first-order valence-electron chi connectivity index (χ1n) is 11.4. The van der Waals surface area contributed by atoms with E-state index >= 15 is 0 Å². The smallest absolute Gasteiger partial charge is 0.327 e. The van der Waals surface area contributed by atoms with Gasteiger partial charge in [-0.2, -0.15) is 0 Å². The summed E-state index contributed by atoms with van der Waals surface area (Å²) in [6.45, 7) is 0.159. The zero-order valence-corrected chi connectivity index (χ0v) is 22.8. The maximum absolute atomic E-state index is 12.1. The molecule has 3 rings (SSSR count). The molecule has 0 spiro atoms. The molecule has 0 saturated heterocycles. The number of carbonyl (C=O) groups is 2. The van der Waals surface area contributed by atoms with Crippen molar-refractivity contribution in [1.29, 1.82) is 0 Å². The van der Waals surface area contributed by atoms with Gasteiger partial charge >= 0.3 is 5.97 Å². The minimum Gasteiger partial charge on any atom is -0.484 e. The van der Waals surface area contributed by atoms with Crippen molar-refractivity contribution in [3.05, 3.63) is 82.3 Å². The molecule has 0 radical (unpaired) electrons. The number of aliphatic carboxylic acids is 1. The quantitative estimate of drug-likeness (QED) is 0.173. The molecule has 11 heteroatoms. The minimum atomic E-state index is -2.54. The van der Waals surface area contributed by atoms with Gasteiger partial charge in [0.15, 0.2) is 6.61 Å². The molecule has 3 aromatic rings. The zero-order valence-electron chi connectivity index (χ0n) is 19.7. The maximum Gasteiger partial charge on any atom is 0.327 e. The molecule has 0 aliphatic heterocycles. The molecule has 1 amide bonds. The topological polar surface area (TPSA) is 116 Å². The van der Waals surface area contributed by atoms with Crippen LogP contribution >= 0.6 is 27.5 Å². The van der Waals surface area contributed by atoms with E-state index in [1.165, 1.54) is 0 Å². The largest absolute Gasteiger partial charge is 0.484 e. The first-order chi connectivity index (χ1) is 17.7. The summed E-state index contributed by atoms with van der Waals surface area (Å²) in [6, 6.07) is 19.9. The Kier molecular flexibility index (Phi) is 10.9. The van der Waals surface area contributed by atoms with E-state index in [0.717, 1.165) is 19.9 Å². The van der Waals surface area contributed by atoms with Crippen molar-refractivity contribution in [2.75, 3.05) is 17.5 Å². The van der Waals surface area contributed by atoms with Gasteiger partial charge < -0.3 is 15.2 Å². The Labute approximate surface area is 231 Å². The average molecular weight is 610 g/mol. The Balaban J connectivity index is 1.51. The highest BCUT2D eigenvalue weighted by Gasteiger charge is 2.29. The lowest BCUT2D eigenvalue weighted by Gasteiger charge is -2.27. The number of hydrogen-bond acceptors (Lipinski definition) is 4. The average Bonchev–Trinajstić information content (AvgIpc) is 2.88. The third-order valence-electron chi connectivity index (χ3n) is 5.45. The molecule has 2 atom stereocenters.